The van der Waals surface area contributed by atoms with Gasteiger partial charge in [0.1, 0.15) is 6.04 Å². The van der Waals surface area contributed by atoms with Gasteiger partial charge in [-0.05, 0) is 31.2 Å². The van der Waals surface area contributed by atoms with Crippen LogP contribution in [0, 0.1) is 23.3 Å². The van der Waals surface area contributed by atoms with Crippen LogP contribution in [0.3, 0.4) is 0 Å². The van der Waals surface area contributed by atoms with Gasteiger partial charge in [0.25, 0.3) is 0 Å². The summed E-state index contributed by atoms with van der Waals surface area (Å²) in [6, 6.07) is 5.25. The van der Waals surface area contributed by atoms with Crippen molar-refractivity contribution in [3.8, 4) is 0 Å². The van der Waals surface area contributed by atoms with Crippen LogP contribution < -0.4 is 10.6 Å². The summed E-state index contributed by atoms with van der Waals surface area (Å²) in [5, 5.41) is 5.05. The predicted molar refractivity (Wildman–Crippen MR) is 74.4 cm³/mol. The number of benzene rings is 2. The number of carbonyl (C=O) groups excluding carboxylic acids is 1. The number of amides is 1. The van der Waals surface area contributed by atoms with E-state index in [4.69, 9.17) is 0 Å². The van der Waals surface area contributed by atoms with Crippen LogP contribution in [0.5, 0.6) is 0 Å². The molecule has 0 heterocycles. The molecule has 0 aliphatic rings. The number of rotatable bonds is 4. The van der Waals surface area contributed by atoms with Crippen molar-refractivity contribution in [2.24, 2.45) is 0 Å². The lowest BCUT2D eigenvalue weighted by Gasteiger charge is -2.15. The van der Waals surface area contributed by atoms with Crippen LogP contribution in [0.15, 0.2) is 36.4 Å². The van der Waals surface area contributed by atoms with Crippen LogP contribution in [-0.2, 0) is 4.79 Å². The molecule has 116 valence electrons. The lowest BCUT2D eigenvalue weighted by molar-refractivity contribution is -0.116. The summed E-state index contributed by atoms with van der Waals surface area (Å²) in [6.45, 7) is 1.48. The van der Waals surface area contributed by atoms with Crippen molar-refractivity contribution in [3.05, 3.63) is 59.7 Å². The maximum absolute atomic E-state index is 13.1. The van der Waals surface area contributed by atoms with E-state index in [0.29, 0.717) is 0 Å². The Labute approximate surface area is 124 Å². The molecule has 0 bridgehead atoms. The molecule has 2 aromatic rings. The topological polar surface area (TPSA) is 41.1 Å². The largest absolute Gasteiger partial charge is 0.374 e. The Balaban J connectivity index is 2.02. The minimum atomic E-state index is -1.08. The Bertz CT molecular complexity index is 706. The first kappa shape index (κ1) is 15.8. The molecule has 1 atom stereocenters. The summed E-state index contributed by atoms with van der Waals surface area (Å²) in [5.41, 5.74) is 0.301. The van der Waals surface area contributed by atoms with Crippen molar-refractivity contribution < 1.29 is 22.4 Å². The highest BCUT2D eigenvalue weighted by Gasteiger charge is 2.14. The summed E-state index contributed by atoms with van der Waals surface area (Å²) in [6.07, 6.45) is 0. The fourth-order valence-electron chi connectivity index (χ4n) is 1.73. The first-order valence-electron chi connectivity index (χ1n) is 6.34. The summed E-state index contributed by atoms with van der Waals surface area (Å²) < 4.78 is 51.7. The molecule has 2 N–H and O–H groups in total. The van der Waals surface area contributed by atoms with E-state index in [1.54, 1.807) is 0 Å². The van der Waals surface area contributed by atoms with Gasteiger partial charge >= 0.3 is 0 Å². The highest BCUT2D eigenvalue weighted by atomic mass is 19.2. The van der Waals surface area contributed by atoms with Crippen molar-refractivity contribution in [1.82, 2.24) is 0 Å². The van der Waals surface area contributed by atoms with E-state index in [2.05, 4.69) is 10.6 Å². The Morgan fingerprint density at radius 3 is 1.91 bits per heavy atom. The Morgan fingerprint density at radius 2 is 1.36 bits per heavy atom. The molecular weight excluding hydrogens is 300 g/mol. The average molecular weight is 312 g/mol. The molecule has 0 aromatic heterocycles. The number of hydrogen-bond acceptors (Lipinski definition) is 2. The van der Waals surface area contributed by atoms with Gasteiger partial charge in [0.2, 0.25) is 5.91 Å². The zero-order valence-corrected chi connectivity index (χ0v) is 11.5. The highest BCUT2D eigenvalue weighted by molar-refractivity contribution is 5.96. The van der Waals surface area contributed by atoms with E-state index in [9.17, 15) is 22.4 Å². The fourth-order valence-corrected chi connectivity index (χ4v) is 1.73. The van der Waals surface area contributed by atoms with E-state index in [1.807, 2.05) is 0 Å². The van der Waals surface area contributed by atoms with Crippen molar-refractivity contribution in [3.63, 3.8) is 0 Å². The number of anilines is 2. The molecule has 0 spiro atoms. The maximum Gasteiger partial charge on any atom is 0.246 e. The van der Waals surface area contributed by atoms with Crippen molar-refractivity contribution in [2.45, 2.75) is 13.0 Å². The fraction of sp³-hybridized carbons (Fsp3) is 0.133. The van der Waals surface area contributed by atoms with Gasteiger partial charge in [-0.3, -0.25) is 4.79 Å². The van der Waals surface area contributed by atoms with E-state index in [1.165, 1.54) is 19.1 Å². The smallest absolute Gasteiger partial charge is 0.246 e. The van der Waals surface area contributed by atoms with Gasteiger partial charge < -0.3 is 10.6 Å². The second-order valence-corrected chi connectivity index (χ2v) is 4.61. The first-order chi connectivity index (χ1) is 10.4. The summed E-state index contributed by atoms with van der Waals surface area (Å²) >= 11 is 0. The van der Waals surface area contributed by atoms with Crippen LogP contribution in [0.2, 0.25) is 0 Å². The molecular formula is C15H12F4N2O. The number of carbonyl (C=O) groups is 1. The molecule has 3 nitrogen and oxygen atoms in total. The Kier molecular flexibility index (Phi) is 4.65. The molecule has 22 heavy (non-hydrogen) atoms. The molecule has 2 aromatic carbocycles. The number of nitrogens with one attached hydrogen (secondary N) is 2. The second kappa shape index (κ2) is 6.46. The van der Waals surface area contributed by atoms with Gasteiger partial charge in [0, 0.05) is 23.5 Å². The normalized spacial score (nSPS) is 11.9. The van der Waals surface area contributed by atoms with E-state index in [-0.39, 0.29) is 11.4 Å². The van der Waals surface area contributed by atoms with Gasteiger partial charge in [-0.2, -0.15) is 0 Å². The molecule has 0 saturated carbocycles. The molecule has 7 heteroatoms. The summed E-state index contributed by atoms with van der Waals surface area (Å²) in [5.74, 6) is -4.69. The standard InChI is InChI=1S/C15H12F4N2O/c1-8(20-9-2-4-11(16)13(18)6-9)15(22)21-10-3-5-12(17)14(19)7-10/h2-8,20H,1H3,(H,21,22). The Morgan fingerprint density at radius 1 is 0.864 bits per heavy atom. The minimum absolute atomic E-state index is 0.0860. The van der Waals surface area contributed by atoms with Gasteiger partial charge in [-0.25, -0.2) is 17.6 Å². The van der Waals surface area contributed by atoms with Gasteiger partial charge in [0.05, 0.1) is 0 Å². The number of halogens is 4. The maximum atomic E-state index is 13.1. The number of hydrogen-bond donors (Lipinski definition) is 2. The zero-order chi connectivity index (χ0) is 16.3. The monoisotopic (exact) mass is 312 g/mol. The van der Waals surface area contributed by atoms with Gasteiger partial charge in [0.15, 0.2) is 23.3 Å². The summed E-state index contributed by atoms with van der Waals surface area (Å²) in [4.78, 5) is 11.9. The molecule has 2 rings (SSSR count). The quantitative estimate of drug-likeness (QED) is 0.846. The van der Waals surface area contributed by atoms with E-state index < -0.39 is 35.2 Å². The van der Waals surface area contributed by atoms with Crippen LogP contribution in [0.1, 0.15) is 6.92 Å². The third-order valence-electron chi connectivity index (χ3n) is 2.88. The molecule has 0 fully saturated rings. The lowest BCUT2D eigenvalue weighted by Crippen LogP contribution is -2.31. The average Bonchev–Trinajstić information content (AvgIpc) is 2.46. The minimum Gasteiger partial charge on any atom is -0.374 e. The summed E-state index contributed by atoms with van der Waals surface area (Å²) in [7, 11) is 0. The first-order valence-corrected chi connectivity index (χ1v) is 6.34. The highest BCUT2D eigenvalue weighted by Crippen LogP contribution is 2.16. The van der Waals surface area contributed by atoms with Crippen molar-refractivity contribution in [1.29, 1.82) is 0 Å². The Hall–Kier alpha value is -2.57. The van der Waals surface area contributed by atoms with E-state index >= 15 is 0 Å². The SMILES string of the molecule is CC(Nc1ccc(F)c(F)c1)C(=O)Nc1ccc(F)c(F)c1. The molecule has 0 radical (unpaired) electrons. The van der Waals surface area contributed by atoms with Crippen LogP contribution >= 0.6 is 0 Å². The second-order valence-electron chi connectivity index (χ2n) is 4.61. The van der Waals surface area contributed by atoms with Crippen LogP contribution in [0.4, 0.5) is 28.9 Å². The molecule has 1 unspecified atom stereocenters. The third-order valence-corrected chi connectivity index (χ3v) is 2.88. The predicted octanol–water partition coefficient (Wildman–Crippen LogP) is 3.68. The molecule has 0 aliphatic carbocycles. The van der Waals surface area contributed by atoms with Crippen molar-refractivity contribution >= 4 is 17.3 Å². The van der Waals surface area contributed by atoms with Crippen molar-refractivity contribution in [2.75, 3.05) is 10.6 Å². The molecule has 1 amide bonds. The van der Waals surface area contributed by atoms with E-state index in [0.717, 1.165) is 24.3 Å². The van der Waals surface area contributed by atoms with Gasteiger partial charge in [-0.15, -0.1) is 0 Å². The zero-order valence-electron chi connectivity index (χ0n) is 11.5. The molecule has 0 saturated heterocycles. The van der Waals surface area contributed by atoms with Crippen LogP contribution in [0.25, 0.3) is 0 Å². The third kappa shape index (κ3) is 3.75. The molecule has 0 aliphatic heterocycles. The van der Waals surface area contributed by atoms with Gasteiger partial charge in [-0.1, -0.05) is 0 Å². The van der Waals surface area contributed by atoms with Crippen LogP contribution in [-0.4, -0.2) is 11.9 Å². The lowest BCUT2D eigenvalue weighted by atomic mass is 10.2.